The molecule has 0 aliphatic carbocycles. The maximum absolute atomic E-state index is 13.1. The molecule has 4 aromatic heterocycles. The molecule has 0 fully saturated rings. The molecule has 5 rings (SSSR count). The van der Waals surface area contributed by atoms with E-state index in [1.165, 1.54) is 0 Å². The molecule has 0 saturated carbocycles. The van der Waals surface area contributed by atoms with Crippen LogP contribution in [-0.4, -0.2) is 50.4 Å². The number of fused-ring (bicyclic) bond motifs is 2. The second-order valence-electron chi connectivity index (χ2n) is 7.88. The molecule has 1 amide bonds. The van der Waals surface area contributed by atoms with Gasteiger partial charge in [0.05, 0.1) is 36.7 Å². The zero-order chi connectivity index (χ0) is 25.5. The predicted octanol–water partition coefficient (Wildman–Crippen LogP) is 4.74. The number of hydrogen-bond acceptors (Lipinski definition) is 6. The summed E-state index contributed by atoms with van der Waals surface area (Å²) >= 11 is 0. The van der Waals surface area contributed by atoms with Gasteiger partial charge in [-0.2, -0.15) is 5.10 Å². The van der Waals surface area contributed by atoms with Crippen molar-refractivity contribution >= 4 is 28.1 Å². The van der Waals surface area contributed by atoms with Crippen molar-refractivity contribution in [2.45, 2.75) is 27.3 Å². The summed E-state index contributed by atoms with van der Waals surface area (Å²) in [6.45, 7) is 7.49. The van der Waals surface area contributed by atoms with Crippen LogP contribution in [0.4, 0.5) is 5.69 Å². The summed E-state index contributed by atoms with van der Waals surface area (Å²) in [7, 11) is 1.62. The minimum atomic E-state index is -0.261. The number of carbonyl (C=O) groups excluding carboxylic acids is 1. The van der Waals surface area contributed by atoms with Crippen molar-refractivity contribution in [2.24, 2.45) is 0 Å². The number of nitrogens with zero attached hydrogens (tertiary/aromatic N) is 5. The third kappa shape index (κ3) is 5.36. The maximum atomic E-state index is 13.1. The second-order valence-corrected chi connectivity index (χ2v) is 7.88. The van der Waals surface area contributed by atoms with Crippen molar-refractivity contribution in [3.63, 3.8) is 0 Å². The number of hydrogen-bond donors (Lipinski definition) is 1. The van der Waals surface area contributed by atoms with Gasteiger partial charge in [0.2, 0.25) is 0 Å². The lowest BCUT2D eigenvalue weighted by Crippen LogP contribution is -2.14. The lowest BCUT2D eigenvalue weighted by Gasteiger charge is -2.09. The van der Waals surface area contributed by atoms with E-state index in [-0.39, 0.29) is 5.91 Å². The highest BCUT2D eigenvalue weighted by atomic mass is 16.5. The van der Waals surface area contributed by atoms with Gasteiger partial charge >= 0.3 is 0 Å². The Morgan fingerprint density at radius 3 is 2.67 bits per heavy atom. The molecule has 0 atom stereocenters. The first-order chi connectivity index (χ1) is 17.6. The van der Waals surface area contributed by atoms with E-state index in [0.29, 0.717) is 42.5 Å². The second kappa shape index (κ2) is 11.5. The maximum Gasteiger partial charge on any atom is 0.274 e. The van der Waals surface area contributed by atoms with Crippen molar-refractivity contribution in [3.8, 4) is 5.75 Å². The van der Waals surface area contributed by atoms with Gasteiger partial charge < -0.3 is 14.8 Å². The summed E-state index contributed by atoms with van der Waals surface area (Å²) in [6.07, 6.45) is 6.95. The number of rotatable bonds is 8. The highest BCUT2D eigenvalue weighted by Gasteiger charge is 2.15. The molecular formula is C27H30N6O3. The fourth-order valence-electron chi connectivity index (χ4n) is 3.75. The zero-order valence-electron chi connectivity index (χ0n) is 20.9. The number of anilines is 1. The molecule has 0 saturated heterocycles. The highest BCUT2D eigenvalue weighted by molar-refractivity contribution is 6.08. The summed E-state index contributed by atoms with van der Waals surface area (Å²) in [4.78, 5) is 21.8. The number of imidazole rings is 1. The smallest absolute Gasteiger partial charge is 0.274 e. The van der Waals surface area contributed by atoms with E-state index >= 15 is 0 Å². The van der Waals surface area contributed by atoms with Crippen LogP contribution in [0.5, 0.6) is 5.75 Å². The number of pyridine rings is 2. The number of amides is 1. The summed E-state index contributed by atoms with van der Waals surface area (Å²) in [5.41, 5.74) is 4.69. The van der Waals surface area contributed by atoms with E-state index in [1.54, 1.807) is 42.2 Å². The first-order valence-corrected chi connectivity index (χ1v) is 11.9. The Bertz CT molecular complexity index is 1460. The molecule has 0 aliphatic rings. The van der Waals surface area contributed by atoms with E-state index < -0.39 is 0 Å². The van der Waals surface area contributed by atoms with Crippen LogP contribution in [-0.2, 0) is 11.3 Å². The quantitative estimate of drug-likeness (QED) is 0.318. The van der Waals surface area contributed by atoms with Gasteiger partial charge in [0.1, 0.15) is 23.7 Å². The molecular weight excluding hydrogens is 456 g/mol. The Labute approximate surface area is 209 Å². The Kier molecular flexibility index (Phi) is 7.92. The van der Waals surface area contributed by atoms with Gasteiger partial charge in [-0.05, 0) is 36.8 Å². The van der Waals surface area contributed by atoms with Gasteiger partial charge in [-0.3, -0.25) is 18.9 Å². The Hall–Kier alpha value is -4.24. The monoisotopic (exact) mass is 486 g/mol. The van der Waals surface area contributed by atoms with Gasteiger partial charge in [-0.1, -0.05) is 26.0 Å². The largest absolute Gasteiger partial charge is 0.491 e. The van der Waals surface area contributed by atoms with Crippen LogP contribution < -0.4 is 10.1 Å². The third-order valence-corrected chi connectivity index (χ3v) is 5.51. The van der Waals surface area contributed by atoms with E-state index in [2.05, 4.69) is 20.4 Å². The van der Waals surface area contributed by atoms with Crippen LogP contribution in [0.2, 0.25) is 0 Å². The van der Waals surface area contributed by atoms with E-state index in [0.717, 1.165) is 22.2 Å². The molecule has 4 heterocycles. The van der Waals surface area contributed by atoms with Crippen molar-refractivity contribution in [3.05, 3.63) is 84.2 Å². The van der Waals surface area contributed by atoms with Gasteiger partial charge in [0.15, 0.2) is 0 Å². The number of aryl methyl sites for hydroxylation is 1. The fraction of sp³-hybridized carbons (Fsp3) is 0.259. The molecule has 9 heteroatoms. The number of ether oxygens (including phenoxy) is 2. The van der Waals surface area contributed by atoms with Gasteiger partial charge in [0.25, 0.3) is 5.91 Å². The summed E-state index contributed by atoms with van der Waals surface area (Å²) in [5, 5.41) is 8.40. The molecule has 0 unspecified atom stereocenters. The van der Waals surface area contributed by atoms with Crippen molar-refractivity contribution < 1.29 is 14.3 Å². The summed E-state index contributed by atoms with van der Waals surface area (Å²) < 4.78 is 14.3. The first kappa shape index (κ1) is 24.9. The molecule has 9 nitrogen and oxygen atoms in total. The van der Waals surface area contributed by atoms with Crippen molar-refractivity contribution in [1.29, 1.82) is 0 Å². The summed E-state index contributed by atoms with van der Waals surface area (Å²) in [6, 6.07) is 13.4. The SMILES string of the molecule is CC.COCCOc1ccn2c(C(=O)Nc3cccc4c3cnn4Cc3ccc(C)nc3)cnc2c1. The van der Waals surface area contributed by atoms with Crippen LogP contribution in [0, 0.1) is 6.92 Å². The molecule has 0 bridgehead atoms. The molecule has 5 aromatic rings. The number of benzene rings is 1. The number of carbonyl (C=O) groups is 1. The molecule has 1 aromatic carbocycles. The molecule has 1 N–H and O–H groups in total. The van der Waals surface area contributed by atoms with Crippen LogP contribution in [0.3, 0.4) is 0 Å². The van der Waals surface area contributed by atoms with Crippen LogP contribution in [0.25, 0.3) is 16.6 Å². The summed E-state index contributed by atoms with van der Waals surface area (Å²) in [5.74, 6) is 0.409. The van der Waals surface area contributed by atoms with Gasteiger partial charge in [-0.25, -0.2) is 4.98 Å². The predicted molar refractivity (Wildman–Crippen MR) is 140 cm³/mol. The number of aromatic nitrogens is 5. The minimum absolute atomic E-state index is 0.261. The first-order valence-electron chi connectivity index (χ1n) is 11.9. The van der Waals surface area contributed by atoms with E-state index in [9.17, 15) is 4.79 Å². The number of nitrogens with one attached hydrogen (secondary N) is 1. The Morgan fingerprint density at radius 2 is 1.89 bits per heavy atom. The average Bonchev–Trinajstić information content (AvgIpc) is 3.51. The Morgan fingerprint density at radius 1 is 1.03 bits per heavy atom. The molecule has 0 radical (unpaired) electrons. The third-order valence-electron chi connectivity index (χ3n) is 5.51. The normalized spacial score (nSPS) is 10.8. The van der Waals surface area contributed by atoms with Crippen molar-refractivity contribution in [1.82, 2.24) is 24.1 Å². The van der Waals surface area contributed by atoms with E-state index in [1.807, 2.05) is 62.0 Å². The van der Waals surface area contributed by atoms with Crippen LogP contribution in [0.15, 0.2) is 67.3 Å². The lowest BCUT2D eigenvalue weighted by molar-refractivity contribution is 0.102. The van der Waals surface area contributed by atoms with Crippen LogP contribution in [0.1, 0.15) is 35.6 Å². The molecule has 36 heavy (non-hydrogen) atoms. The molecule has 0 aliphatic heterocycles. The number of methoxy groups -OCH3 is 1. The minimum Gasteiger partial charge on any atom is -0.491 e. The van der Waals surface area contributed by atoms with E-state index in [4.69, 9.17) is 9.47 Å². The Balaban J connectivity index is 0.00000148. The standard InChI is InChI=1S/C25H24N6O3.C2H6/c1-17-6-7-18(13-26-17)16-31-22-5-3-4-21(20(22)14-28-31)29-25(32)23-15-27-24-12-19(8-9-30(23)24)34-11-10-33-2;1-2/h3-9,12-15H,10-11,16H2,1-2H3,(H,29,32);1-2H3. The van der Waals surface area contributed by atoms with Crippen LogP contribution >= 0.6 is 0 Å². The lowest BCUT2D eigenvalue weighted by atomic mass is 10.2. The average molecular weight is 487 g/mol. The van der Waals surface area contributed by atoms with Gasteiger partial charge in [0, 0.05) is 36.7 Å². The van der Waals surface area contributed by atoms with Gasteiger partial charge in [-0.15, -0.1) is 0 Å². The highest BCUT2D eigenvalue weighted by Crippen LogP contribution is 2.25. The molecule has 186 valence electrons. The van der Waals surface area contributed by atoms with Crippen molar-refractivity contribution in [2.75, 3.05) is 25.6 Å². The zero-order valence-corrected chi connectivity index (χ0v) is 20.9. The topological polar surface area (TPSA) is 95.6 Å². The molecule has 0 spiro atoms. The fourth-order valence-corrected chi connectivity index (χ4v) is 3.75.